The van der Waals surface area contributed by atoms with Crippen LogP contribution in [0.25, 0.3) is 11.4 Å². The van der Waals surface area contributed by atoms with Gasteiger partial charge in [-0.3, -0.25) is 19.5 Å². The second-order valence-electron chi connectivity index (χ2n) is 9.03. The molecule has 2 amide bonds. The minimum Gasteiger partial charge on any atom is -0.348 e. The number of likely N-dealkylation sites (tertiary alicyclic amines) is 1. The fourth-order valence-corrected chi connectivity index (χ4v) is 4.43. The number of pyridine rings is 1. The van der Waals surface area contributed by atoms with Crippen molar-refractivity contribution >= 4 is 17.5 Å². The molecular weight excluding hydrogens is 468 g/mol. The van der Waals surface area contributed by atoms with Gasteiger partial charge >= 0.3 is 0 Å². The maximum Gasteiger partial charge on any atom is 0.253 e. The van der Waals surface area contributed by atoms with Gasteiger partial charge in [-0.05, 0) is 43.1 Å². The Labute approximate surface area is 214 Å². The van der Waals surface area contributed by atoms with Crippen LogP contribution in [0.5, 0.6) is 0 Å². The molecule has 0 spiro atoms. The summed E-state index contributed by atoms with van der Waals surface area (Å²) in [6.07, 6.45) is 5.05. The van der Waals surface area contributed by atoms with Crippen molar-refractivity contribution in [3.05, 3.63) is 96.1 Å². The minimum absolute atomic E-state index is 0.104. The fourth-order valence-electron chi connectivity index (χ4n) is 4.43. The molecule has 1 fully saturated rings. The van der Waals surface area contributed by atoms with Crippen molar-refractivity contribution in [3.8, 4) is 11.4 Å². The Kier molecular flexibility index (Phi) is 7.61. The third kappa shape index (κ3) is 6.25. The number of rotatable bonds is 8. The highest BCUT2D eigenvalue weighted by Crippen LogP contribution is 2.23. The molecule has 0 aliphatic carbocycles. The molecule has 2 aromatic heterocycles. The highest BCUT2D eigenvalue weighted by molar-refractivity contribution is 6.04. The number of para-hydroxylation sites is 1. The van der Waals surface area contributed by atoms with E-state index in [1.54, 1.807) is 36.7 Å². The van der Waals surface area contributed by atoms with Gasteiger partial charge in [-0.15, -0.1) is 0 Å². The van der Waals surface area contributed by atoms with Crippen molar-refractivity contribution < 1.29 is 14.1 Å². The molecule has 9 nitrogen and oxygen atoms in total. The van der Waals surface area contributed by atoms with Crippen molar-refractivity contribution in [1.29, 1.82) is 0 Å². The van der Waals surface area contributed by atoms with Crippen LogP contribution < -0.4 is 10.6 Å². The first-order chi connectivity index (χ1) is 18.2. The monoisotopic (exact) mass is 496 g/mol. The predicted octanol–water partition coefficient (Wildman–Crippen LogP) is 3.91. The SMILES string of the molecule is O=C(NCc1cccnc1)c1ccccc1NC(=O)C1CCCN(Cc2nc(-c3ccccc3)no2)C1. The first kappa shape index (κ1) is 24.3. The summed E-state index contributed by atoms with van der Waals surface area (Å²) in [4.78, 5) is 36.8. The molecule has 4 aromatic rings. The quantitative estimate of drug-likeness (QED) is 0.380. The molecule has 2 aromatic carbocycles. The van der Waals surface area contributed by atoms with Gasteiger partial charge in [0, 0.05) is 31.0 Å². The lowest BCUT2D eigenvalue weighted by molar-refractivity contribution is -0.121. The first-order valence-corrected chi connectivity index (χ1v) is 12.3. The lowest BCUT2D eigenvalue weighted by Crippen LogP contribution is -2.40. The number of nitrogens with zero attached hydrogens (tertiary/aromatic N) is 4. The largest absolute Gasteiger partial charge is 0.348 e. The third-order valence-electron chi connectivity index (χ3n) is 6.34. The van der Waals surface area contributed by atoms with E-state index in [-0.39, 0.29) is 17.7 Å². The smallest absolute Gasteiger partial charge is 0.253 e. The van der Waals surface area contributed by atoms with Gasteiger partial charge in [0.25, 0.3) is 5.91 Å². The van der Waals surface area contributed by atoms with Crippen molar-refractivity contribution in [1.82, 2.24) is 25.3 Å². The molecule has 1 atom stereocenters. The van der Waals surface area contributed by atoms with E-state index in [0.717, 1.165) is 30.5 Å². The molecule has 0 saturated carbocycles. The summed E-state index contributed by atoms with van der Waals surface area (Å²) < 4.78 is 5.46. The van der Waals surface area contributed by atoms with E-state index >= 15 is 0 Å². The Bertz CT molecular complexity index is 1340. The van der Waals surface area contributed by atoms with Crippen LogP contribution in [0, 0.1) is 5.92 Å². The zero-order valence-corrected chi connectivity index (χ0v) is 20.3. The van der Waals surface area contributed by atoms with Crippen molar-refractivity contribution in [3.63, 3.8) is 0 Å². The number of carbonyl (C=O) groups excluding carboxylic acids is 2. The summed E-state index contributed by atoms with van der Waals surface area (Å²) in [7, 11) is 0. The van der Waals surface area contributed by atoms with Crippen LogP contribution in [0.1, 0.15) is 34.7 Å². The van der Waals surface area contributed by atoms with E-state index < -0.39 is 0 Å². The molecule has 1 saturated heterocycles. The molecule has 1 unspecified atom stereocenters. The van der Waals surface area contributed by atoms with Gasteiger partial charge in [0.05, 0.1) is 23.7 Å². The number of aromatic nitrogens is 3. The van der Waals surface area contributed by atoms with E-state index in [0.29, 0.717) is 42.6 Å². The normalized spacial score (nSPS) is 15.7. The van der Waals surface area contributed by atoms with Gasteiger partial charge in [-0.25, -0.2) is 0 Å². The van der Waals surface area contributed by atoms with E-state index in [2.05, 4.69) is 30.7 Å². The fraction of sp³-hybridized carbons (Fsp3) is 0.250. The maximum atomic E-state index is 13.2. The molecule has 2 N–H and O–H groups in total. The summed E-state index contributed by atoms with van der Waals surface area (Å²) in [5.41, 5.74) is 2.72. The number of hydrogen-bond donors (Lipinski definition) is 2. The molecule has 5 rings (SSSR count). The Hall–Kier alpha value is -4.37. The molecule has 37 heavy (non-hydrogen) atoms. The van der Waals surface area contributed by atoms with Crippen LogP contribution in [0.4, 0.5) is 5.69 Å². The zero-order valence-electron chi connectivity index (χ0n) is 20.3. The number of benzene rings is 2. The number of carbonyl (C=O) groups is 2. The van der Waals surface area contributed by atoms with Crippen LogP contribution in [0.15, 0.2) is 83.6 Å². The summed E-state index contributed by atoms with van der Waals surface area (Å²) in [5, 5.41) is 9.96. The average molecular weight is 497 g/mol. The van der Waals surface area contributed by atoms with Crippen LogP contribution in [0.3, 0.4) is 0 Å². The summed E-state index contributed by atoms with van der Waals surface area (Å²) in [5.74, 6) is 0.510. The number of piperidine rings is 1. The van der Waals surface area contributed by atoms with Gasteiger partial charge in [-0.2, -0.15) is 4.98 Å². The topological polar surface area (TPSA) is 113 Å². The van der Waals surface area contributed by atoms with E-state index in [1.807, 2.05) is 42.5 Å². The average Bonchev–Trinajstić information content (AvgIpc) is 3.41. The Morgan fingerprint density at radius 3 is 2.70 bits per heavy atom. The van der Waals surface area contributed by atoms with Gasteiger partial charge in [0.1, 0.15) is 0 Å². The zero-order chi connectivity index (χ0) is 25.5. The van der Waals surface area contributed by atoms with Crippen LogP contribution in [0.2, 0.25) is 0 Å². The molecule has 1 aliphatic rings. The van der Waals surface area contributed by atoms with E-state index in [4.69, 9.17) is 4.52 Å². The van der Waals surface area contributed by atoms with Crippen LogP contribution >= 0.6 is 0 Å². The van der Waals surface area contributed by atoms with Crippen molar-refractivity contribution in [2.24, 2.45) is 5.92 Å². The summed E-state index contributed by atoms with van der Waals surface area (Å²) in [6, 6.07) is 20.4. The number of anilines is 1. The molecule has 3 heterocycles. The van der Waals surface area contributed by atoms with Crippen LogP contribution in [-0.2, 0) is 17.9 Å². The third-order valence-corrected chi connectivity index (χ3v) is 6.34. The molecule has 9 heteroatoms. The van der Waals surface area contributed by atoms with Crippen molar-refractivity contribution in [2.75, 3.05) is 18.4 Å². The first-order valence-electron chi connectivity index (χ1n) is 12.3. The Morgan fingerprint density at radius 1 is 1.03 bits per heavy atom. The molecular formula is C28H28N6O3. The lowest BCUT2D eigenvalue weighted by Gasteiger charge is -2.31. The summed E-state index contributed by atoms with van der Waals surface area (Å²) in [6.45, 7) is 2.26. The molecule has 1 aliphatic heterocycles. The van der Waals surface area contributed by atoms with Crippen LogP contribution in [-0.4, -0.2) is 44.9 Å². The number of nitrogens with one attached hydrogen (secondary N) is 2. The highest BCUT2D eigenvalue weighted by Gasteiger charge is 2.28. The minimum atomic E-state index is -0.254. The van der Waals surface area contributed by atoms with E-state index in [1.165, 1.54) is 0 Å². The van der Waals surface area contributed by atoms with Gasteiger partial charge in [0.2, 0.25) is 17.6 Å². The van der Waals surface area contributed by atoms with E-state index in [9.17, 15) is 9.59 Å². The number of hydrogen-bond acceptors (Lipinski definition) is 7. The maximum absolute atomic E-state index is 13.2. The Balaban J connectivity index is 1.19. The number of amides is 2. The molecule has 0 radical (unpaired) electrons. The predicted molar refractivity (Wildman–Crippen MR) is 138 cm³/mol. The lowest BCUT2D eigenvalue weighted by atomic mass is 9.96. The molecule has 188 valence electrons. The molecule has 0 bridgehead atoms. The highest BCUT2D eigenvalue weighted by atomic mass is 16.5. The standard InChI is InChI=1S/C28H28N6O3/c35-27(31-24-13-5-4-12-23(24)28(36)30-17-20-8-6-14-29-16-20)22-11-7-15-34(18-22)19-25-32-26(33-37-25)21-9-2-1-3-10-21/h1-6,8-10,12-14,16,22H,7,11,15,17-19H2,(H,30,36)(H,31,35). The Morgan fingerprint density at radius 2 is 1.86 bits per heavy atom. The second kappa shape index (κ2) is 11.6. The van der Waals surface area contributed by atoms with Gasteiger partial charge < -0.3 is 15.2 Å². The van der Waals surface area contributed by atoms with Crippen molar-refractivity contribution in [2.45, 2.75) is 25.9 Å². The van der Waals surface area contributed by atoms with Gasteiger partial charge in [0.15, 0.2) is 0 Å². The summed E-state index contributed by atoms with van der Waals surface area (Å²) >= 11 is 0. The second-order valence-corrected chi connectivity index (χ2v) is 9.03. The van der Waals surface area contributed by atoms with Gasteiger partial charge in [-0.1, -0.05) is 53.7 Å².